The van der Waals surface area contributed by atoms with Crippen molar-refractivity contribution in [3.63, 3.8) is 0 Å². The Morgan fingerprint density at radius 2 is 2.33 bits per heavy atom. The maximum Gasteiger partial charge on any atom is 0.0409 e. The summed E-state index contributed by atoms with van der Waals surface area (Å²) >= 11 is 6.05. The van der Waals surface area contributed by atoms with Gasteiger partial charge in [-0.05, 0) is 56.6 Å². The lowest BCUT2D eigenvalue weighted by atomic mass is 10.0. The van der Waals surface area contributed by atoms with Gasteiger partial charge < -0.3 is 10.2 Å². The Bertz CT molecular complexity index is 381. The molecule has 0 radical (unpaired) electrons. The number of halogens is 1. The monoisotopic (exact) mass is 266 g/mol. The van der Waals surface area contributed by atoms with Crippen LogP contribution in [0.1, 0.15) is 31.4 Å². The molecule has 0 amide bonds. The van der Waals surface area contributed by atoms with E-state index in [4.69, 9.17) is 11.6 Å². The number of rotatable bonds is 5. The summed E-state index contributed by atoms with van der Waals surface area (Å²) in [6.07, 6.45) is 2.49. The first-order valence-electron chi connectivity index (χ1n) is 6.84. The van der Waals surface area contributed by atoms with Gasteiger partial charge in [-0.2, -0.15) is 0 Å². The van der Waals surface area contributed by atoms with Gasteiger partial charge in [0.15, 0.2) is 0 Å². The fraction of sp³-hybridized carbons (Fsp3) is 0.600. The second kappa shape index (κ2) is 6.55. The van der Waals surface area contributed by atoms with Crippen molar-refractivity contribution in [3.8, 4) is 0 Å². The van der Waals surface area contributed by atoms with Crippen molar-refractivity contribution in [2.24, 2.45) is 5.92 Å². The van der Waals surface area contributed by atoms with Crippen LogP contribution in [0.5, 0.6) is 0 Å². The standard InChI is InChI=1S/C15H23ClN2/c1-12-6-8-18(11-12)9-7-15(17-2)13-4-3-5-14(16)10-13/h3-5,10,12,15,17H,6-9,11H2,1-2H3. The van der Waals surface area contributed by atoms with E-state index >= 15 is 0 Å². The van der Waals surface area contributed by atoms with Crippen LogP contribution in [-0.2, 0) is 0 Å². The molecule has 1 aromatic rings. The topological polar surface area (TPSA) is 15.3 Å². The lowest BCUT2D eigenvalue weighted by Crippen LogP contribution is -2.26. The van der Waals surface area contributed by atoms with Crippen molar-refractivity contribution in [2.75, 3.05) is 26.7 Å². The molecule has 2 unspecified atom stereocenters. The zero-order valence-corrected chi connectivity index (χ0v) is 12.1. The van der Waals surface area contributed by atoms with Crippen molar-refractivity contribution < 1.29 is 0 Å². The molecule has 3 heteroatoms. The summed E-state index contributed by atoms with van der Waals surface area (Å²) in [6, 6.07) is 8.58. The van der Waals surface area contributed by atoms with Crippen molar-refractivity contribution in [1.82, 2.24) is 10.2 Å². The van der Waals surface area contributed by atoms with Gasteiger partial charge in [-0.1, -0.05) is 30.7 Å². The summed E-state index contributed by atoms with van der Waals surface area (Å²) in [4.78, 5) is 2.57. The minimum atomic E-state index is 0.402. The molecule has 18 heavy (non-hydrogen) atoms. The lowest BCUT2D eigenvalue weighted by Gasteiger charge is -2.21. The Labute approximate surface area is 115 Å². The van der Waals surface area contributed by atoms with Crippen LogP contribution in [0.4, 0.5) is 0 Å². The van der Waals surface area contributed by atoms with Gasteiger partial charge in [0.1, 0.15) is 0 Å². The van der Waals surface area contributed by atoms with Crippen LogP contribution in [0.2, 0.25) is 5.02 Å². The minimum Gasteiger partial charge on any atom is -0.313 e. The molecule has 0 bridgehead atoms. The SMILES string of the molecule is CNC(CCN1CCC(C)C1)c1cccc(Cl)c1. The number of hydrogen-bond donors (Lipinski definition) is 1. The molecule has 1 aliphatic rings. The fourth-order valence-corrected chi connectivity index (χ4v) is 2.94. The number of nitrogens with one attached hydrogen (secondary N) is 1. The molecule has 2 atom stereocenters. The highest BCUT2D eigenvalue weighted by Gasteiger charge is 2.19. The third-order valence-electron chi connectivity index (χ3n) is 3.84. The highest BCUT2D eigenvalue weighted by atomic mass is 35.5. The number of likely N-dealkylation sites (tertiary alicyclic amines) is 1. The van der Waals surface area contributed by atoms with E-state index in [9.17, 15) is 0 Å². The Morgan fingerprint density at radius 3 is 2.94 bits per heavy atom. The second-order valence-corrected chi connectivity index (χ2v) is 5.82. The van der Waals surface area contributed by atoms with E-state index in [0.29, 0.717) is 6.04 Å². The zero-order chi connectivity index (χ0) is 13.0. The van der Waals surface area contributed by atoms with Gasteiger partial charge in [0.25, 0.3) is 0 Å². The molecule has 1 aromatic carbocycles. The third-order valence-corrected chi connectivity index (χ3v) is 4.08. The van der Waals surface area contributed by atoms with E-state index < -0.39 is 0 Å². The van der Waals surface area contributed by atoms with Crippen LogP contribution in [0.25, 0.3) is 0 Å². The molecule has 2 rings (SSSR count). The summed E-state index contributed by atoms with van der Waals surface area (Å²) < 4.78 is 0. The fourth-order valence-electron chi connectivity index (χ4n) is 2.74. The molecular formula is C15H23ClN2. The van der Waals surface area contributed by atoms with Crippen LogP contribution in [0.3, 0.4) is 0 Å². The van der Waals surface area contributed by atoms with E-state index in [1.807, 2.05) is 19.2 Å². The van der Waals surface area contributed by atoms with Gasteiger partial charge in [-0.25, -0.2) is 0 Å². The predicted octanol–water partition coefficient (Wildman–Crippen LogP) is 3.33. The van der Waals surface area contributed by atoms with E-state index in [1.54, 1.807) is 0 Å². The molecule has 0 aromatic heterocycles. The zero-order valence-electron chi connectivity index (χ0n) is 11.3. The predicted molar refractivity (Wildman–Crippen MR) is 78.1 cm³/mol. The van der Waals surface area contributed by atoms with E-state index in [-0.39, 0.29) is 0 Å². The quantitative estimate of drug-likeness (QED) is 0.880. The Hall–Kier alpha value is -0.570. The van der Waals surface area contributed by atoms with Crippen molar-refractivity contribution in [3.05, 3.63) is 34.9 Å². The first-order valence-corrected chi connectivity index (χ1v) is 7.22. The summed E-state index contributed by atoms with van der Waals surface area (Å²) in [5.41, 5.74) is 1.29. The normalized spacial score (nSPS) is 22.3. The van der Waals surface area contributed by atoms with Crippen LogP contribution < -0.4 is 5.32 Å². The average molecular weight is 267 g/mol. The first kappa shape index (κ1) is 13.9. The molecule has 0 spiro atoms. The minimum absolute atomic E-state index is 0.402. The van der Waals surface area contributed by atoms with E-state index in [0.717, 1.165) is 17.4 Å². The van der Waals surface area contributed by atoms with Crippen LogP contribution in [0, 0.1) is 5.92 Å². The van der Waals surface area contributed by atoms with Gasteiger partial charge in [0, 0.05) is 17.6 Å². The number of hydrogen-bond acceptors (Lipinski definition) is 2. The van der Waals surface area contributed by atoms with Gasteiger partial charge in [0.2, 0.25) is 0 Å². The number of benzene rings is 1. The van der Waals surface area contributed by atoms with Gasteiger partial charge >= 0.3 is 0 Å². The molecule has 1 N–H and O–H groups in total. The van der Waals surface area contributed by atoms with E-state index in [1.165, 1.54) is 31.6 Å². The maximum atomic E-state index is 6.05. The average Bonchev–Trinajstić information content (AvgIpc) is 2.76. The molecule has 0 aliphatic carbocycles. The molecule has 1 aliphatic heterocycles. The molecule has 1 heterocycles. The largest absolute Gasteiger partial charge is 0.313 e. The van der Waals surface area contributed by atoms with Gasteiger partial charge in [0.05, 0.1) is 0 Å². The molecule has 2 nitrogen and oxygen atoms in total. The van der Waals surface area contributed by atoms with Crippen molar-refractivity contribution >= 4 is 11.6 Å². The first-order chi connectivity index (χ1) is 8.69. The van der Waals surface area contributed by atoms with Gasteiger partial charge in [-0.15, -0.1) is 0 Å². The molecular weight excluding hydrogens is 244 g/mol. The summed E-state index contributed by atoms with van der Waals surface area (Å²) in [5, 5.41) is 4.22. The third kappa shape index (κ3) is 3.71. The highest BCUT2D eigenvalue weighted by Crippen LogP contribution is 2.22. The van der Waals surface area contributed by atoms with E-state index in [2.05, 4.69) is 29.3 Å². The van der Waals surface area contributed by atoms with Gasteiger partial charge in [-0.3, -0.25) is 0 Å². The Morgan fingerprint density at radius 1 is 1.50 bits per heavy atom. The van der Waals surface area contributed by atoms with Crippen LogP contribution in [-0.4, -0.2) is 31.6 Å². The molecule has 1 fully saturated rings. The molecule has 100 valence electrons. The highest BCUT2D eigenvalue weighted by molar-refractivity contribution is 6.30. The van der Waals surface area contributed by atoms with Crippen LogP contribution in [0.15, 0.2) is 24.3 Å². The molecule has 1 saturated heterocycles. The Balaban J connectivity index is 1.89. The van der Waals surface area contributed by atoms with Crippen molar-refractivity contribution in [2.45, 2.75) is 25.8 Å². The summed E-state index contributed by atoms with van der Waals surface area (Å²) in [6.45, 7) is 6.02. The smallest absolute Gasteiger partial charge is 0.0409 e. The number of nitrogens with zero attached hydrogens (tertiary/aromatic N) is 1. The van der Waals surface area contributed by atoms with Crippen LogP contribution >= 0.6 is 11.6 Å². The summed E-state index contributed by atoms with van der Waals surface area (Å²) in [5.74, 6) is 0.865. The Kier molecular flexibility index (Phi) is 5.04. The molecule has 0 saturated carbocycles. The lowest BCUT2D eigenvalue weighted by molar-refractivity contribution is 0.305. The van der Waals surface area contributed by atoms with Crippen molar-refractivity contribution in [1.29, 1.82) is 0 Å². The maximum absolute atomic E-state index is 6.05. The second-order valence-electron chi connectivity index (χ2n) is 5.38. The summed E-state index contributed by atoms with van der Waals surface area (Å²) in [7, 11) is 2.03.